The smallest absolute Gasteiger partial charge is 0.254 e. The van der Waals surface area contributed by atoms with Gasteiger partial charge >= 0.3 is 0 Å². The molecule has 0 spiro atoms. The quantitative estimate of drug-likeness (QED) is 0.899. The summed E-state index contributed by atoms with van der Waals surface area (Å²) in [5, 5.41) is 9.14. The molecule has 1 N–H and O–H groups in total. The van der Waals surface area contributed by atoms with Crippen molar-refractivity contribution < 1.29 is 14.6 Å². The second kappa shape index (κ2) is 7.29. The van der Waals surface area contributed by atoms with E-state index in [-0.39, 0.29) is 18.6 Å². The monoisotopic (exact) mass is 277 g/mol. The number of carbonyl (C=O) groups is 1. The minimum atomic E-state index is 0.0460. The molecular weight excluding hydrogens is 254 g/mol. The highest BCUT2D eigenvalue weighted by molar-refractivity contribution is 5.94. The molecule has 2 rings (SSSR count). The molecule has 1 aliphatic rings. The summed E-state index contributed by atoms with van der Waals surface area (Å²) in [7, 11) is 0. The largest absolute Gasteiger partial charge is 0.494 e. The van der Waals surface area contributed by atoms with Crippen molar-refractivity contribution in [2.75, 3.05) is 19.8 Å². The summed E-state index contributed by atoms with van der Waals surface area (Å²) in [6.07, 6.45) is 3.82. The first-order valence-electron chi connectivity index (χ1n) is 7.41. The van der Waals surface area contributed by atoms with Crippen LogP contribution in [-0.4, -0.2) is 41.7 Å². The first-order chi connectivity index (χ1) is 9.76. The Morgan fingerprint density at radius 1 is 1.45 bits per heavy atom. The Bertz CT molecular complexity index is 445. The van der Waals surface area contributed by atoms with E-state index in [1.165, 1.54) is 0 Å². The Morgan fingerprint density at radius 3 is 3.05 bits per heavy atom. The number of aliphatic hydroxyl groups is 1. The van der Waals surface area contributed by atoms with Gasteiger partial charge in [0.1, 0.15) is 5.75 Å². The van der Waals surface area contributed by atoms with Gasteiger partial charge in [-0.05, 0) is 50.8 Å². The lowest BCUT2D eigenvalue weighted by Crippen LogP contribution is -2.44. The fraction of sp³-hybridized carbons (Fsp3) is 0.562. The van der Waals surface area contributed by atoms with E-state index < -0.39 is 0 Å². The lowest BCUT2D eigenvalue weighted by Gasteiger charge is -2.35. The third-order valence-corrected chi connectivity index (χ3v) is 3.74. The van der Waals surface area contributed by atoms with Crippen LogP contribution in [0.5, 0.6) is 5.75 Å². The first-order valence-corrected chi connectivity index (χ1v) is 7.41. The summed E-state index contributed by atoms with van der Waals surface area (Å²) in [6.45, 7) is 3.43. The number of ether oxygens (including phenoxy) is 1. The molecule has 0 aromatic heterocycles. The molecule has 1 aliphatic heterocycles. The minimum Gasteiger partial charge on any atom is -0.494 e. The number of hydrogen-bond acceptors (Lipinski definition) is 3. The maximum atomic E-state index is 12.6. The van der Waals surface area contributed by atoms with Crippen molar-refractivity contribution in [3.8, 4) is 5.75 Å². The van der Waals surface area contributed by atoms with Crippen LogP contribution in [0.2, 0.25) is 0 Å². The number of benzene rings is 1. The maximum Gasteiger partial charge on any atom is 0.254 e. The predicted molar refractivity (Wildman–Crippen MR) is 78.0 cm³/mol. The highest BCUT2D eigenvalue weighted by atomic mass is 16.5. The Balaban J connectivity index is 2.13. The van der Waals surface area contributed by atoms with Gasteiger partial charge in [0.15, 0.2) is 0 Å². The van der Waals surface area contributed by atoms with Crippen molar-refractivity contribution >= 4 is 5.91 Å². The Morgan fingerprint density at radius 2 is 2.30 bits per heavy atom. The second-order valence-electron chi connectivity index (χ2n) is 5.12. The topological polar surface area (TPSA) is 49.8 Å². The molecule has 0 saturated carbocycles. The fourth-order valence-corrected chi connectivity index (χ4v) is 2.77. The third kappa shape index (κ3) is 3.51. The van der Waals surface area contributed by atoms with E-state index in [1.54, 1.807) is 6.07 Å². The zero-order valence-electron chi connectivity index (χ0n) is 12.0. The molecule has 1 atom stereocenters. The number of aliphatic hydroxyl groups excluding tert-OH is 1. The average Bonchev–Trinajstić information content (AvgIpc) is 2.48. The summed E-state index contributed by atoms with van der Waals surface area (Å²) in [4.78, 5) is 14.5. The van der Waals surface area contributed by atoms with Gasteiger partial charge in [-0.1, -0.05) is 6.07 Å². The Hall–Kier alpha value is -1.55. The molecule has 1 heterocycles. The minimum absolute atomic E-state index is 0.0460. The van der Waals surface area contributed by atoms with Gasteiger partial charge in [0, 0.05) is 24.8 Å². The van der Waals surface area contributed by atoms with Crippen molar-refractivity contribution in [3.63, 3.8) is 0 Å². The maximum absolute atomic E-state index is 12.6. The Labute approximate surface area is 120 Å². The molecule has 1 aromatic carbocycles. The summed E-state index contributed by atoms with van der Waals surface area (Å²) >= 11 is 0. The van der Waals surface area contributed by atoms with Gasteiger partial charge < -0.3 is 14.7 Å². The zero-order chi connectivity index (χ0) is 14.4. The van der Waals surface area contributed by atoms with Gasteiger partial charge in [-0.3, -0.25) is 4.79 Å². The molecule has 1 amide bonds. The van der Waals surface area contributed by atoms with E-state index in [0.717, 1.165) is 31.6 Å². The van der Waals surface area contributed by atoms with Crippen molar-refractivity contribution in [1.82, 2.24) is 4.90 Å². The SMILES string of the molecule is CCOc1cccc(C(=O)N2CCCCC2CCO)c1. The second-order valence-corrected chi connectivity index (χ2v) is 5.12. The van der Waals surface area contributed by atoms with Crippen LogP contribution in [0.25, 0.3) is 0 Å². The molecule has 4 nitrogen and oxygen atoms in total. The highest BCUT2D eigenvalue weighted by Gasteiger charge is 2.27. The first kappa shape index (κ1) is 14.9. The number of carbonyl (C=O) groups excluding carboxylic acids is 1. The van der Waals surface area contributed by atoms with Crippen molar-refractivity contribution in [2.45, 2.75) is 38.6 Å². The van der Waals surface area contributed by atoms with Gasteiger partial charge in [-0.15, -0.1) is 0 Å². The highest BCUT2D eigenvalue weighted by Crippen LogP contribution is 2.23. The van der Waals surface area contributed by atoms with Crippen LogP contribution in [0, 0.1) is 0 Å². The number of hydrogen-bond donors (Lipinski definition) is 1. The van der Waals surface area contributed by atoms with E-state index in [9.17, 15) is 4.79 Å². The van der Waals surface area contributed by atoms with Crippen LogP contribution in [0.4, 0.5) is 0 Å². The molecule has 4 heteroatoms. The van der Waals surface area contributed by atoms with Gasteiger partial charge in [-0.2, -0.15) is 0 Å². The third-order valence-electron chi connectivity index (χ3n) is 3.74. The molecular formula is C16H23NO3. The molecule has 1 saturated heterocycles. The molecule has 110 valence electrons. The van der Waals surface area contributed by atoms with Crippen LogP contribution in [0.1, 0.15) is 43.0 Å². The van der Waals surface area contributed by atoms with Crippen LogP contribution in [0.15, 0.2) is 24.3 Å². The Kier molecular flexibility index (Phi) is 5.41. The van der Waals surface area contributed by atoms with Gasteiger partial charge in [0.05, 0.1) is 6.61 Å². The molecule has 0 radical (unpaired) electrons. The van der Waals surface area contributed by atoms with Gasteiger partial charge in [-0.25, -0.2) is 0 Å². The number of piperidine rings is 1. The molecule has 0 aliphatic carbocycles. The number of nitrogens with zero attached hydrogens (tertiary/aromatic N) is 1. The fourth-order valence-electron chi connectivity index (χ4n) is 2.77. The number of amides is 1. The summed E-state index contributed by atoms with van der Waals surface area (Å²) in [5.74, 6) is 0.777. The van der Waals surface area contributed by atoms with Crippen molar-refractivity contribution in [2.24, 2.45) is 0 Å². The van der Waals surface area contributed by atoms with Crippen molar-refractivity contribution in [1.29, 1.82) is 0 Å². The number of rotatable bonds is 5. The normalized spacial score (nSPS) is 18.9. The van der Waals surface area contributed by atoms with Gasteiger partial charge in [0.25, 0.3) is 5.91 Å². The van der Waals surface area contributed by atoms with Crippen LogP contribution < -0.4 is 4.74 Å². The standard InChI is InChI=1S/C16H23NO3/c1-2-20-15-8-5-6-13(12-15)16(19)17-10-4-3-7-14(17)9-11-18/h5-6,8,12,14,18H,2-4,7,9-11H2,1H3. The lowest BCUT2D eigenvalue weighted by molar-refractivity contribution is 0.0574. The summed E-state index contributed by atoms with van der Waals surface area (Å²) in [6, 6.07) is 7.51. The number of likely N-dealkylation sites (tertiary alicyclic amines) is 1. The van der Waals surface area contributed by atoms with E-state index in [2.05, 4.69) is 0 Å². The summed E-state index contributed by atoms with van der Waals surface area (Å²) in [5.41, 5.74) is 0.667. The lowest BCUT2D eigenvalue weighted by atomic mass is 9.98. The van der Waals surface area contributed by atoms with Crippen molar-refractivity contribution in [3.05, 3.63) is 29.8 Å². The van der Waals surface area contributed by atoms with Crippen LogP contribution in [0.3, 0.4) is 0 Å². The molecule has 1 fully saturated rings. The van der Waals surface area contributed by atoms with E-state index >= 15 is 0 Å². The van der Waals surface area contributed by atoms with Gasteiger partial charge in [0.2, 0.25) is 0 Å². The zero-order valence-corrected chi connectivity index (χ0v) is 12.0. The predicted octanol–water partition coefficient (Wildman–Crippen LogP) is 2.46. The average molecular weight is 277 g/mol. The molecule has 1 unspecified atom stereocenters. The molecule has 1 aromatic rings. The van der Waals surface area contributed by atoms with E-state index in [0.29, 0.717) is 18.6 Å². The van der Waals surface area contributed by atoms with Crippen LogP contribution in [-0.2, 0) is 0 Å². The molecule has 0 bridgehead atoms. The van der Waals surface area contributed by atoms with E-state index in [4.69, 9.17) is 9.84 Å². The van der Waals surface area contributed by atoms with E-state index in [1.807, 2.05) is 30.0 Å². The summed E-state index contributed by atoms with van der Waals surface area (Å²) < 4.78 is 5.45. The van der Waals surface area contributed by atoms with Crippen LogP contribution >= 0.6 is 0 Å². The molecule has 20 heavy (non-hydrogen) atoms.